The molecule has 1 atom stereocenters. The third-order valence-electron chi connectivity index (χ3n) is 4.46. The minimum atomic E-state index is -0.849. The van der Waals surface area contributed by atoms with Gasteiger partial charge in [0.1, 0.15) is 5.82 Å². The van der Waals surface area contributed by atoms with E-state index in [-0.39, 0.29) is 25.7 Å². The fraction of sp³-hybridized carbons (Fsp3) is 0.444. The molecular formula is C18H21BrN2O4. The molecule has 1 fully saturated rings. The van der Waals surface area contributed by atoms with Gasteiger partial charge in [0.05, 0.1) is 37.8 Å². The summed E-state index contributed by atoms with van der Waals surface area (Å²) in [6.07, 6.45) is 2.04. The third kappa shape index (κ3) is 4.29. The van der Waals surface area contributed by atoms with Crippen LogP contribution in [0.25, 0.3) is 10.9 Å². The predicted octanol–water partition coefficient (Wildman–Crippen LogP) is 2.95. The Kier molecular flexibility index (Phi) is 5.88. The standard InChI is InChI=1S/C18H21BrN2O4/c19-13-3-4-15-12(10-22)8-17(20-16(15)9-13)21-6-1-2-14(21)11-25-7-5-18(23)24/h3-4,8-9,14,22H,1-2,5-7,10-11H2,(H,23,24). The molecule has 0 spiro atoms. The normalized spacial score (nSPS) is 17.4. The zero-order valence-electron chi connectivity index (χ0n) is 13.8. The van der Waals surface area contributed by atoms with Gasteiger partial charge in [-0.3, -0.25) is 4.79 Å². The third-order valence-corrected chi connectivity index (χ3v) is 4.95. The molecule has 25 heavy (non-hydrogen) atoms. The molecule has 0 radical (unpaired) electrons. The molecule has 1 unspecified atom stereocenters. The number of hydrogen-bond acceptors (Lipinski definition) is 5. The maximum Gasteiger partial charge on any atom is 0.305 e. The van der Waals surface area contributed by atoms with E-state index in [1.165, 1.54) is 0 Å². The molecule has 2 aromatic rings. The van der Waals surface area contributed by atoms with E-state index < -0.39 is 5.97 Å². The average molecular weight is 409 g/mol. The minimum Gasteiger partial charge on any atom is -0.481 e. The smallest absolute Gasteiger partial charge is 0.305 e. The number of anilines is 1. The molecule has 2 N–H and O–H groups in total. The van der Waals surface area contributed by atoms with E-state index in [9.17, 15) is 9.90 Å². The van der Waals surface area contributed by atoms with Crippen LogP contribution in [0.2, 0.25) is 0 Å². The van der Waals surface area contributed by atoms with Crippen molar-refractivity contribution in [3.05, 3.63) is 34.3 Å². The lowest BCUT2D eigenvalue weighted by atomic mass is 10.1. The number of aliphatic hydroxyl groups is 1. The van der Waals surface area contributed by atoms with Gasteiger partial charge in [-0.05, 0) is 36.6 Å². The van der Waals surface area contributed by atoms with Crippen LogP contribution in [-0.4, -0.2) is 47.0 Å². The predicted molar refractivity (Wildman–Crippen MR) is 98.8 cm³/mol. The van der Waals surface area contributed by atoms with Crippen molar-refractivity contribution in [2.45, 2.75) is 31.9 Å². The van der Waals surface area contributed by atoms with Gasteiger partial charge in [0, 0.05) is 16.4 Å². The van der Waals surface area contributed by atoms with E-state index in [2.05, 4.69) is 20.8 Å². The molecule has 1 aliphatic heterocycles. The monoisotopic (exact) mass is 408 g/mol. The lowest BCUT2D eigenvalue weighted by molar-refractivity contribution is -0.138. The number of carbonyl (C=O) groups is 1. The van der Waals surface area contributed by atoms with E-state index >= 15 is 0 Å². The number of carboxylic acids is 1. The summed E-state index contributed by atoms with van der Waals surface area (Å²) in [6.45, 7) is 1.55. The highest BCUT2D eigenvalue weighted by molar-refractivity contribution is 9.10. The van der Waals surface area contributed by atoms with Crippen LogP contribution in [-0.2, 0) is 16.1 Å². The van der Waals surface area contributed by atoms with Gasteiger partial charge in [-0.15, -0.1) is 0 Å². The summed E-state index contributed by atoms with van der Waals surface area (Å²) in [5.74, 6) is -0.0170. The molecule has 2 heterocycles. The Morgan fingerprint density at radius 3 is 3.00 bits per heavy atom. The highest BCUT2D eigenvalue weighted by atomic mass is 79.9. The number of rotatable bonds is 7. The quantitative estimate of drug-likeness (QED) is 0.685. The first kappa shape index (κ1) is 18.1. The summed E-state index contributed by atoms with van der Waals surface area (Å²) in [5.41, 5.74) is 1.69. The second-order valence-corrected chi connectivity index (χ2v) is 7.08. The summed E-state index contributed by atoms with van der Waals surface area (Å²) < 4.78 is 6.48. The van der Waals surface area contributed by atoms with Gasteiger partial charge in [0.15, 0.2) is 0 Å². The van der Waals surface area contributed by atoms with Gasteiger partial charge >= 0.3 is 5.97 Å². The van der Waals surface area contributed by atoms with Crippen LogP contribution >= 0.6 is 15.9 Å². The lowest BCUT2D eigenvalue weighted by Gasteiger charge is -2.26. The van der Waals surface area contributed by atoms with Crippen molar-refractivity contribution in [3.63, 3.8) is 0 Å². The number of ether oxygens (including phenoxy) is 1. The zero-order valence-corrected chi connectivity index (χ0v) is 15.4. The lowest BCUT2D eigenvalue weighted by Crippen LogP contribution is -2.34. The Labute approximate surface area is 154 Å². The Morgan fingerprint density at radius 2 is 2.24 bits per heavy atom. The molecule has 0 aliphatic carbocycles. The molecule has 0 bridgehead atoms. The number of aromatic nitrogens is 1. The Morgan fingerprint density at radius 1 is 1.40 bits per heavy atom. The van der Waals surface area contributed by atoms with Crippen LogP contribution < -0.4 is 4.90 Å². The van der Waals surface area contributed by atoms with Crippen molar-refractivity contribution in [2.24, 2.45) is 0 Å². The number of aliphatic hydroxyl groups excluding tert-OH is 1. The Hall–Kier alpha value is -1.70. The molecule has 0 amide bonds. The van der Waals surface area contributed by atoms with Gasteiger partial charge in [0.25, 0.3) is 0 Å². The first-order valence-electron chi connectivity index (χ1n) is 8.34. The molecule has 7 heteroatoms. The van der Waals surface area contributed by atoms with Crippen LogP contribution in [0.3, 0.4) is 0 Å². The van der Waals surface area contributed by atoms with Gasteiger partial charge in [-0.2, -0.15) is 0 Å². The van der Waals surface area contributed by atoms with Gasteiger partial charge in [-0.1, -0.05) is 22.0 Å². The number of benzene rings is 1. The first-order chi connectivity index (χ1) is 12.1. The molecule has 1 aliphatic rings. The van der Waals surface area contributed by atoms with Gasteiger partial charge in [0.2, 0.25) is 0 Å². The van der Waals surface area contributed by atoms with Crippen molar-refractivity contribution in [3.8, 4) is 0 Å². The van der Waals surface area contributed by atoms with Crippen molar-refractivity contribution >= 4 is 38.6 Å². The second kappa shape index (κ2) is 8.12. The SMILES string of the molecule is O=C(O)CCOCC1CCCN1c1cc(CO)c2ccc(Br)cc2n1. The zero-order chi connectivity index (χ0) is 17.8. The topological polar surface area (TPSA) is 82.9 Å². The summed E-state index contributed by atoms with van der Waals surface area (Å²) >= 11 is 3.47. The van der Waals surface area contributed by atoms with Crippen molar-refractivity contribution in [1.29, 1.82) is 0 Å². The van der Waals surface area contributed by atoms with Crippen molar-refractivity contribution < 1.29 is 19.7 Å². The Bertz CT molecular complexity index is 768. The van der Waals surface area contributed by atoms with Gasteiger partial charge < -0.3 is 19.8 Å². The van der Waals surface area contributed by atoms with Crippen LogP contribution in [0.1, 0.15) is 24.8 Å². The maximum absolute atomic E-state index is 10.6. The molecular weight excluding hydrogens is 388 g/mol. The second-order valence-electron chi connectivity index (χ2n) is 6.17. The first-order valence-corrected chi connectivity index (χ1v) is 9.14. The fourth-order valence-corrected chi connectivity index (χ4v) is 3.57. The number of nitrogens with zero attached hydrogens (tertiary/aromatic N) is 2. The van der Waals surface area contributed by atoms with Crippen molar-refractivity contribution in [1.82, 2.24) is 4.98 Å². The molecule has 1 saturated heterocycles. The summed E-state index contributed by atoms with van der Waals surface area (Å²) in [5, 5.41) is 19.4. The minimum absolute atomic E-state index is 0.0175. The summed E-state index contributed by atoms with van der Waals surface area (Å²) in [6, 6.07) is 7.96. The van der Waals surface area contributed by atoms with Crippen LogP contribution in [0.4, 0.5) is 5.82 Å². The number of pyridine rings is 1. The molecule has 1 aromatic carbocycles. The highest BCUT2D eigenvalue weighted by Gasteiger charge is 2.26. The van der Waals surface area contributed by atoms with E-state index in [0.717, 1.165) is 46.1 Å². The number of halogens is 1. The number of hydrogen-bond donors (Lipinski definition) is 2. The van der Waals surface area contributed by atoms with Crippen LogP contribution in [0, 0.1) is 0 Å². The molecule has 1 aromatic heterocycles. The average Bonchev–Trinajstić information content (AvgIpc) is 3.05. The molecule has 134 valence electrons. The number of carboxylic acid groups (broad SMARTS) is 1. The fourth-order valence-electron chi connectivity index (χ4n) is 3.23. The van der Waals surface area contributed by atoms with Gasteiger partial charge in [-0.25, -0.2) is 4.98 Å². The summed E-state index contributed by atoms with van der Waals surface area (Å²) in [7, 11) is 0. The maximum atomic E-state index is 10.6. The molecule has 3 rings (SSSR count). The van der Waals surface area contributed by atoms with E-state index in [1.54, 1.807) is 0 Å². The van der Waals surface area contributed by atoms with Crippen molar-refractivity contribution in [2.75, 3.05) is 24.7 Å². The van der Waals surface area contributed by atoms with E-state index in [4.69, 9.17) is 14.8 Å². The van der Waals surface area contributed by atoms with E-state index in [1.807, 2.05) is 24.3 Å². The summed E-state index contributed by atoms with van der Waals surface area (Å²) in [4.78, 5) is 17.5. The molecule has 6 nitrogen and oxygen atoms in total. The molecule has 0 saturated carbocycles. The largest absolute Gasteiger partial charge is 0.481 e. The van der Waals surface area contributed by atoms with E-state index in [0.29, 0.717) is 6.61 Å². The van der Waals surface area contributed by atoms with Crippen LogP contribution in [0.15, 0.2) is 28.7 Å². The highest BCUT2D eigenvalue weighted by Crippen LogP contribution is 2.30. The number of aliphatic carboxylic acids is 1. The van der Waals surface area contributed by atoms with Crippen LogP contribution in [0.5, 0.6) is 0 Å². The Balaban J connectivity index is 1.80. The number of fused-ring (bicyclic) bond motifs is 1.